The Morgan fingerprint density at radius 1 is 1.23 bits per heavy atom. The highest BCUT2D eigenvalue weighted by atomic mass is 35.5. The summed E-state index contributed by atoms with van der Waals surface area (Å²) in [5.74, 6) is 0. The third-order valence-corrected chi connectivity index (χ3v) is 4.22. The molecule has 0 amide bonds. The molecule has 0 saturated carbocycles. The fraction of sp³-hybridized carbons (Fsp3) is 0.471. The number of hydrogen-bond acceptors (Lipinski definition) is 3. The lowest BCUT2D eigenvalue weighted by Gasteiger charge is -2.27. The number of nitrogens with zero attached hydrogens (tertiary/aromatic N) is 4. The van der Waals surface area contributed by atoms with Crippen LogP contribution in [0.4, 0.5) is 0 Å². The average Bonchev–Trinajstić information content (AvgIpc) is 3.04. The Morgan fingerprint density at radius 3 is 2.59 bits per heavy atom. The summed E-state index contributed by atoms with van der Waals surface area (Å²) in [7, 11) is 0. The molecule has 1 aromatic carbocycles. The summed E-state index contributed by atoms with van der Waals surface area (Å²) >= 11 is 5.98. The molecule has 0 spiro atoms. The van der Waals surface area contributed by atoms with E-state index in [2.05, 4.69) is 23.1 Å². The Labute approximate surface area is 136 Å². The van der Waals surface area contributed by atoms with Gasteiger partial charge in [-0.15, -0.1) is 0 Å². The normalized spacial score (nSPS) is 13.5. The summed E-state index contributed by atoms with van der Waals surface area (Å²) in [6, 6.07) is 10.1. The highest BCUT2D eigenvalue weighted by Crippen LogP contribution is 2.32. The number of nitriles is 1. The van der Waals surface area contributed by atoms with Gasteiger partial charge < -0.3 is 0 Å². The Hall–Kier alpha value is -1.86. The quantitative estimate of drug-likeness (QED) is 0.680. The third-order valence-electron chi connectivity index (χ3n) is 3.97. The van der Waals surface area contributed by atoms with E-state index in [0.717, 1.165) is 24.8 Å². The molecule has 1 aromatic heterocycles. The molecular weight excluding hydrogens is 296 g/mol. The largest absolute Gasteiger partial charge is 0.251 e. The molecule has 2 aromatic rings. The number of rotatable bonds is 8. The van der Waals surface area contributed by atoms with E-state index in [1.54, 1.807) is 11.0 Å². The highest BCUT2D eigenvalue weighted by Gasteiger charge is 2.32. The van der Waals surface area contributed by atoms with Crippen LogP contribution in [-0.4, -0.2) is 14.8 Å². The summed E-state index contributed by atoms with van der Waals surface area (Å²) in [4.78, 5) is 3.98. The molecule has 1 atom stereocenters. The van der Waals surface area contributed by atoms with Gasteiger partial charge in [0.25, 0.3) is 0 Å². The maximum Gasteiger partial charge on any atom is 0.137 e. The first-order valence-electron chi connectivity index (χ1n) is 7.70. The van der Waals surface area contributed by atoms with Crippen molar-refractivity contribution in [3.8, 4) is 6.07 Å². The molecule has 4 nitrogen and oxygen atoms in total. The van der Waals surface area contributed by atoms with Gasteiger partial charge in [0.05, 0.1) is 12.6 Å². The van der Waals surface area contributed by atoms with Crippen LogP contribution in [-0.2, 0) is 12.0 Å². The van der Waals surface area contributed by atoms with E-state index in [1.807, 2.05) is 24.3 Å². The number of hydrogen-bond donors (Lipinski definition) is 0. The van der Waals surface area contributed by atoms with Crippen molar-refractivity contribution in [2.45, 2.75) is 51.0 Å². The first kappa shape index (κ1) is 16.5. The summed E-state index contributed by atoms with van der Waals surface area (Å²) < 4.78 is 1.73. The van der Waals surface area contributed by atoms with Gasteiger partial charge in [-0.3, -0.25) is 4.68 Å². The summed E-state index contributed by atoms with van der Waals surface area (Å²) in [5.41, 5.74) is 0.401. The smallest absolute Gasteiger partial charge is 0.137 e. The Kier molecular flexibility index (Phi) is 5.97. The second-order valence-corrected chi connectivity index (χ2v) is 6.04. The van der Waals surface area contributed by atoms with Gasteiger partial charge >= 0.3 is 0 Å². The summed E-state index contributed by atoms with van der Waals surface area (Å²) in [6.45, 7) is 2.70. The molecule has 0 N–H and O–H groups in total. The zero-order valence-corrected chi connectivity index (χ0v) is 13.6. The maximum absolute atomic E-state index is 9.91. The van der Waals surface area contributed by atoms with Crippen LogP contribution in [0.15, 0.2) is 36.9 Å². The van der Waals surface area contributed by atoms with Crippen LogP contribution in [0.2, 0.25) is 5.02 Å². The van der Waals surface area contributed by atoms with Gasteiger partial charge in [0.1, 0.15) is 18.1 Å². The van der Waals surface area contributed by atoms with E-state index in [4.69, 9.17) is 11.6 Å². The van der Waals surface area contributed by atoms with Crippen LogP contribution in [0.1, 0.15) is 44.6 Å². The second kappa shape index (κ2) is 7.95. The van der Waals surface area contributed by atoms with E-state index >= 15 is 0 Å². The first-order chi connectivity index (χ1) is 10.7. The Morgan fingerprint density at radius 2 is 2.00 bits per heavy atom. The van der Waals surface area contributed by atoms with Crippen LogP contribution < -0.4 is 0 Å². The Bertz CT molecular complexity index is 601. The van der Waals surface area contributed by atoms with Crippen molar-refractivity contribution >= 4 is 11.6 Å². The van der Waals surface area contributed by atoms with Gasteiger partial charge in [0.2, 0.25) is 0 Å². The van der Waals surface area contributed by atoms with Gasteiger partial charge in [-0.2, -0.15) is 10.4 Å². The van der Waals surface area contributed by atoms with Crippen molar-refractivity contribution in [1.29, 1.82) is 5.26 Å². The SMILES string of the molecule is CCCCCCC(C#N)(Cn1cncn1)c1ccc(Cl)cc1. The molecule has 2 rings (SSSR count). The van der Waals surface area contributed by atoms with E-state index < -0.39 is 5.41 Å². The van der Waals surface area contributed by atoms with E-state index in [-0.39, 0.29) is 0 Å². The van der Waals surface area contributed by atoms with Gasteiger partial charge in [-0.05, 0) is 24.1 Å². The number of unbranched alkanes of at least 4 members (excludes halogenated alkanes) is 3. The number of benzene rings is 1. The van der Waals surface area contributed by atoms with Crippen molar-refractivity contribution in [2.24, 2.45) is 0 Å². The van der Waals surface area contributed by atoms with Crippen molar-refractivity contribution in [3.05, 3.63) is 47.5 Å². The molecule has 0 fully saturated rings. The molecule has 0 saturated heterocycles. The second-order valence-electron chi connectivity index (χ2n) is 5.60. The van der Waals surface area contributed by atoms with E-state index in [1.165, 1.54) is 19.2 Å². The molecular formula is C17H21ClN4. The highest BCUT2D eigenvalue weighted by molar-refractivity contribution is 6.30. The maximum atomic E-state index is 9.91. The molecule has 5 heteroatoms. The lowest BCUT2D eigenvalue weighted by Crippen LogP contribution is -2.30. The lowest BCUT2D eigenvalue weighted by molar-refractivity contribution is 0.385. The minimum Gasteiger partial charge on any atom is -0.251 e. The van der Waals surface area contributed by atoms with Crippen molar-refractivity contribution in [3.63, 3.8) is 0 Å². The number of halogens is 1. The fourth-order valence-electron chi connectivity index (χ4n) is 2.68. The molecule has 0 bridgehead atoms. The van der Waals surface area contributed by atoms with Crippen molar-refractivity contribution in [2.75, 3.05) is 0 Å². The molecule has 22 heavy (non-hydrogen) atoms. The first-order valence-corrected chi connectivity index (χ1v) is 8.08. The van der Waals surface area contributed by atoms with Crippen molar-refractivity contribution < 1.29 is 0 Å². The molecule has 1 unspecified atom stereocenters. The molecule has 0 radical (unpaired) electrons. The third kappa shape index (κ3) is 4.08. The zero-order chi connectivity index (χ0) is 15.8. The fourth-order valence-corrected chi connectivity index (χ4v) is 2.81. The lowest BCUT2D eigenvalue weighted by atomic mass is 9.77. The molecule has 116 valence electrons. The van der Waals surface area contributed by atoms with Gasteiger partial charge in [-0.1, -0.05) is 56.3 Å². The number of aromatic nitrogens is 3. The average molecular weight is 317 g/mol. The van der Waals surface area contributed by atoms with Crippen LogP contribution in [0.25, 0.3) is 0 Å². The molecule has 0 aliphatic heterocycles. The molecule has 1 heterocycles. The van der Waals surface area contributed by atoms with Gasteiger partial charge in [0, 0.05) is 5.02 Å². The zero-order valence-electron chi connectivity index (χ0n) is 12.9. The minimum absolute atomic E-state index is 0.511. The van der Waals surface area contributed by atoms with Crippen LogP contribution in [0, 0.1) is 11.3 Å². The predicted octanol–water partition coefficient (Wildman–Crippen LogP) is 4.36. The van der Waals surface area contributed by atoms with Crippen LogP contribution >= 0.6 is 11.6 Å². The molecule has 0 aliphatic rings. The minimum atomic E-state index is -0.591. The topological polar surface area (TPSA) is 54.5 Å². The van der Waals surface area contributed by atoms with E-state index in [0.29, 0.717) is 11.6 Å². The monoisotopic (exact) mass is 316 g/mol. The van der Waals surface area contributed by atoms with Gasteiger partial charge in [-0.25, -0.2) is 4.98 Å². The summed E-state index contributed by atoms with van der Waals surface area (Å²) in [5, 5.41) is 14.8. The summed E-state index contributed by atoms with van der Waals surface area (Å²) in [6.07, 6.45) is 8.53. The van der Waals surface area contributed by atoms with Crippen molar-refractivity contribution in [1.82, 2.24) is 14.8 Å². The van der Waals surface area contributed by atoms with Gasteiger partial charge in [0.15, 0.2) is 0 Å². The van der Waals surface area contributed by atoms with Crippen LogP contribution in [0.5, 0.6) is 0 Å². The predicted molar refractivity (Wildman–Crippen MR) is 87.5 cm³/mol. The van der Waals surface area contributed by atoms with Crippen LogP contribution in [0.3, 0.4) is 0 Å². The Balaban J connectivity index is 2.24. The molecule has 0 aliphatic carbocycles. The van der Waals surface area contributed by atoms with E-state index in [9.17, 15) is 5.26 Å². The standard InChI is InChI=1S/C17H21ClN4/c1-2-3-4-5-10-17(11-19,12-22-14-20-13-21-22)15-6-8-16(18)9-7-15/h6-9,13-14H,2-5,10,12H2,1H3.